The molecule has 0 atom stereocenters. The number of rotatable bonds is 7. The third-order valence-corrected chi connectivity index (χ3v) is 2.75. The quantitative estimate of drug-likeness (QED) is 0.737. The minimum absolute atomic E-state index is 0.180. The van der Waals surface area contributed by atoms with E-state index in [1.807, 2.05) is 18.2 Å². The molecule has 0 saturated heterocycles. The first-order valence-corrected chi connectivity index (χ1v) is 6.24. The molecule has 98 valence electrons. The van der Waals surface area contributed by atoms with E-state index in [1.165, 1.54) is 6.07 Å². The summed E-state index contributed by atoms with van der Waals surface area (Å²) < 4.78 is 13.0. The third kappa shape index (κ3) is 5.62. The summed E-state index contributed by atoms with van der Waals surface area (Å²) in [7, 11) is 0. The van der Waals surface area contributed by atoms with Gasteiger partial charge in [-0.1, -0.05) is 24.6 Å². The average Bonchev–Trinajstić information content (AvgIpc) is 2.32. The maximum atomic E-state index is 13.0. The Bertz CT molecular complexity index is 425. The van der Waals surface area contributed by atoms with Crippen molar-refractivity contribution in [3.63, 3.8) is 0 Å². The van der Waals surface area contributed by atoms with Gasteiger partial charge >= 0.3 is 5.97 Å². The van der Waals surface area contributed by atoms with E-state index in [0.717, 1.165) is 31.2 Å². The zero-order chi connectivity index (χ0) is 13.4. The van der Waals surface area contributed by atoms with E-state index in [-0.39, 0.29) is 12.2 Å². The van der Waals surface area contributed by atoms with E-state index in [0.29, 0.717) is 5.56 Å². The molecule has 3 heteroatoms. The van der Waals surface area contributed by atoms with Crippen LogP contribution in [0.1, 0.15) is 43.2 Å². The van der Waals surface area contributed by atoms with Gasteiger partial charge in [-0.2, -0.15) is 0 Å². The van der Waals surface area contributed by atoms with Crippen molar-refractivity contribution < 1.29 is 14.3 Å². The monoisotopic (exact) mass is 250 g/mol. The van der Waals surface area contributed by atoms with E-state index < -0.39 is 5.97 Å². The van der Waals surface area contributed by atoms with Crippen molar-refractivity contribution in [1.82, 2.24) is 0 Å². The highest BCUT2D eigenvalue weighted by Gasteiger charge is 1.96. The van der Waals surface area contributed by atoms with Gasteiger partial charge in [0, 0.05) is 6.42 Å². The number of aliphatic carboxylic acids is 1. The lowest BCUT2D eigenvalue weighted by molar-refractivity contribution is -0.137. The first kappa shape index (κ1) is 14.4. The molecular weight excluding hydrogens is 231 g/mol. The van der Waals surface area contributed by atoms with Crippen LogP contribution in [-0.2, 0) is 4.79 Å². The van der Waals surface area contributed by atoms with Crippen LogP contribution in [0.25, 0.3) is 6.08 Å². The van der Waals surface area contributed by atoms with Crippen LogP contribution in [0.4, 0.5) is 4.39 Å². The first-order valence-electron chi connectivity index (χ1n) is 6.24. The van der Waals surface area contributed by atoms with Gasteiger partial charge in [0.1, 0.15) is 5.82 Å². The van der Waals surface area contributed by atoms with E-state index in [2.05, 4.69) is 0 Å². The largest absolute Gasteiger partial charge is 0.481 e. The number of halogens is 1. The fourth-order valence-corrected chi connectivity index (χ4v) is 1.71. The summed E-state index contributed by atoms with van der Waals surface area (Å²) in [6.07, 6.45) is 7.86. The van der Waals surface area contributed by atoms with Crippen LogP contribution >= 0.6 is 0 Å². The Labute approximate surface area is 107 Å². The number of hydrogen-bond donors (Lipinski definition) is 1. The number of hydrogen-bond acceptors (Lipinski definition) is 1. The highest BCUT2D eigenvalue weighted by Crippen LogP contribution is 2.11. The molecular formula is C15H19FO2. The van der Waals surface area contributed by atoms with Crippen LogP contribution in [0.3, 0.4) is 0 Å². The molecule has 18 heavy (non-hydrogen) atoms. The number of carboxylic acids is 1. The molecule has 1 rings (SSSR count). The Hall–Kier alpha value is -1.64. The number of aryl methyl sites for hydroxylation is 1. The predicted octanol–water partition coefficient (Wildman–Crippen LogP) is 4.18. The maximum Gasteiger partial charge on any atom is 0.303 e. The second-order valence-electron chi connectivity index (χ2n) is 4.40. The number of carboxylic acid groups (broad SMARTS) is 1. The molecule has 0 fully saturated rings. The van der Waals surface area contributed by atoms with E-state index in [4.69, 9.17) is 5.11 Å². The van der Waals surface area contributed by atoms with Gasteiger partial charge in [0.25, 0.3) is 0 Å². The van der Waals surface area contributed by atoms with Gasteiger partial charge < -0.3 is 5.11 Å². The van der Waals surface area contributed by atoms with Crippen molar-refractivity contribution in [1.29, 1.82) is 0 Å². The lowest BCUT2D eigenvalue weighted by Gasteiger charge is -1.98. The summed E-state index contributed by atoms with van der Waals surface area (Å²) in [5.74, 6) is -0.909. The van der Waals surface area contributed by atoms with Gasteiger partial charge in [-0.05, 0) is 49.4 Å². The SMILES string of the molecule is Cc1cc(/C=C/CCCCCC(=O)O)ccc1F. The molecule has 0 aliphatic rings. The van der Waals surface area contributed by atoms with Crippen molar-refractivity contribution in [3.8, 4) is 0 Å². The van der Waals surface area contributed by atoms with Gasteiger partial charge in [0.15, 0.2) is 0 Å². The normalized spacial score (nSPS) is 11.0. The summed E-state index contributed by atoms with van der Waals surface area (Å²) in [5.41, 5.74) is 1.65. The van der Waals surface area contributed by atoms with E-state index in [9.17, 15) is 9.18 Å². The van der Waals surface area contributed by atoms with Crippen molar-refractivity contribution in [2.75, 3.05) is 0 Å². The molecule has 1 aromatic rings. The second-order valence-corrected chi connectivity index (χ2v) is 4.40. The summed E-state index contributed by atoms with van der Waals surface area (Å²) in [6, 6.07) is 5.04. The highest BCUT2D eigenvalue weighted by atomic mass is 19.1. The van der Waals surface area contributed by atoms with Gasteiger partial charge in [-0.25, -0.2) is 4.39 Å². The zero-order valence-electron chi connectivity index (χ0n) is 10.7. The fraction of sp³-hybridized carbons (Fsp3) is 0.400. The molecule has 0 radical (unpaired) electrons. The van der Waals surface area contributed by atoms with Gasteiger partial charge in [0.05, 0.1) is 0 Å². The van der Waals surface area contributed by atoms with E-state index in [1.54, 1.807) is 13.0 Å². The van der Waals surface area contributed by atoms with Crippen LogP contribution < -0.4 is 0 Å². The van der Waals surface area contributed by atoms with Crippen LogP contribution in [-0.4, -0.2) is 11.1 Å². The number of unbranched alkanes of at least 4 members (excludes halogenated alkanes) is 3. The summed E-state index contributed by atoms with van der Waals surface area (Å²) in [4.78, 5) is 10.3. The Balaban J connectivity index is 2.24. The van der Waals surface area contributed by atoms with Crippen molar-refractivity contribution in [2.24, 2.45) is 0 Å². The molecule has 0 unspecified atom stereocenters. The smallest absolute Gasteiger partial charge is 0.303 e. The molecule has 0 aliphatic heterocycles. The zero-order valence-corrected chi connectivity index (χ0v) is 10.7. The summed E-state index contributed by atoms with van der Waals surface area (Å²) >= 11 is 0. The predicted molar refractivity (Wildman–Crippen MR) is 70.9 cm³/mol. The molecule has 0 heterocycles. The van der Waals surface area contributed by atoms with Crippen LogP contribution in [0, 0.1) is 12.7 Å². The Morgan fingerprint density at radius 2 is 2.11 bits per heavy atom. The van der Waals surface area contributed by atoms with Crippen molar-refractivity contribution >= 4 is 12.0 Å². The first-order chi connectivity index (χ1) is 8.59. The lowest BCUT2D eigenvalue weighted by atomic mass is 10.1. The van der Waals surface area contributed by atoms with Gasteiger partial charge in [0.2, 0.25) is 0 Å². The van der Waals surface area contributed by atoms with Crippen LogP contribution in [0.5, 0.6) is 0 Å². The number of carbonyl (C=O) groups is 1. The maximum absolute atomic E-state index is 13.0. The van der Waals surface area contributed by atoms with Gasteiger partial charge in [-0.15, -0.1) is 0 Å². The summed E-state index contributed by atoms with van der Waals surface area (Å²) in [5, 5.41) is 8.47. The van der Waals surface area contributed by atoms with Crippen LogP contribution in [0.15, 0.2) is 24.3 Å². The average molecular weight is 250 g/mol. The number of allylic oxidation sites excluding steroid dienone is 1. The van der Waals surface area contributed by atoms with Crippen LogP contribution in [0.2, 0.25) is 0 Å². The highest BCUT2D eigenvalue weighted by molar-refractivity contribution is 5.66. The molecule has 0 aliphatic carbocycles. The molecule has 0 saturated carbocycles. The van der Waals surface area contributed by atoms with Crippen molar-refractivity contribution in [2.45, 2.75) is 39.0 Å². The molecule has 1 N–H and O–H groups in total. The molecule has 0 bridgehead atoms. The molecule has 1 aromatic carbocycles. The lowest BCUT2D eigenvalue weighted by Crippen LogP contribution is -1.93. The second kappa shape index (κ2) is 7.64. The Morgan fingerprint density at radius 3 is 2.78 bits per heavy atom. The summed E-state index contributed by atoms with van der Waals surface area (Å²) in [6.45, 7) is 1.75. The Kier molecular flexibility index (Phi) is 6.12. The molecule has 2 nitrogen and oxygen atoms in total. The third-order valence-electron chi connectivity index (χ3n) is 2.75. The number of benzene rings is 1. The topological polar surface area (TPSA) is 37.3 Å². The minimum atomic E-state index is -0.729. The minimum Gasteiger partial charge on any atom is -0.481 e. The van der Waals surface area contributed by atoms with E-state index >= 15 is 0 Å². The molecule has 0 spiro atoms. The molecule has 0 amide bonds. The fourth-order valence-electron chi connectivity index (χ4n) is 1.71. The Morgan fingerprint density at radius 1 is 1.33 bits per heavy atom. The van der Waals surface area contributed by atoms with Gasteiger partial charge in [-0.3, -0.25) is 4.79 Å². The standard InChI is InChI=1S/C15H19FO2/c1-12-11-13(9-10-14(12)16)7-5-3-2-4-6-8-15(17)18/h5,7,9-11H,2-4,6,8H2,1H3,(H,17,18)/b7-5+. The van der Waals surface area contributed by atoms with Crippen molar-refractivity contribution in [3.05, 3.63) is 41.2 Å². The molecule has 0 aromatic heterocycles.